The van der Waals surface area contributed by atoms with E-state index in [1.807, 2.05) is 6.92 Å². The van der Waals surface area contributed by atoms with E-state index in [0.29, 0.717) is 6.42 Å². The fourth-order valence-corrected chi connectivity index (χ4v) is 0.596. The van der Waals surface area contributed by atoms with E-state index in [-0.39, 0.29) is 11.9 Å². The number of rotatable bonds is 4. The van der Waals surface area contributed by atoms with E-state index in [2.05, 4.69) is 5.43 Å². The Balaban J connectivity index is 3.54. The summed E-state index contributed by atoms with van der Waals surface area (Å²) in [5.74, 6) is 4.62. The van der Waals surface area contributed by atoms with Crippen molar-refractivity contribution in [2.75, 3.05) is 0 Å². The summed E-state index contributed by atoms with van der Waals surface area (Å²) in [7, 11) is 0. The molecule has 1 amide bonds. The largest absolute Gasteiger partial charge is 0.368 e. The summed E-state index contributed by atoms with van der Waals surface area (Å²) in [4.78, 5) is 10.4. The van der Waals surface area contributed by atoms with Gasteiger partial charge in [0.2, 0.25) is 5.91 Å². The summed E-state index contributed by atoms with van der Waals surface area (Å²) in [6, 6.07) is -0.366. The highest BCUT2D eigenvalue weighted by atomic mass is 16.1. The fraction of sp³-hybridized carbons (Fsp3) is 0.800. The third kappa shape index (κ3) is 3.05. The van der Waals surface area contributed by atoms with E-state index >= 15 is 0 Å². The van der Waals surface area contributed by atoms with Gasteiger partial charge in [-0.2, -0.15) is 0 Å². The molecule has 0 fully saturated rings. The molecule has 0 aromatic heterocycles. The molecule has 5 N–H and O–H groups in total. The second-order valence-corrected chi connectivity index (χ2v) is 1.91. The molecule has 9 heavy (non-hydrogen) atoms. The molecular weight excluding hydrogens is 118 g/mol. The summed E-state index contributed by atoms with van der Waals surface area (Å²) in [5, 5.41) is 0. The molecule has 0 saturated heterocycles. The fourth-order valence-electron chi connectivity index (χ4n) is 0.596. The number of carbonyl (C=O) groups is 1. The molecule has 0 aromatic carbocycles. The molecule has 1 unspecified atom stereocenters. The van der Waals surface area contributed by atoms with Gasteiger partial charge in [-0.05, 0) is 6.42 Å². The molecule has 0 rings (SSSR count). The lowest BCUT2D eigenvalue weighted by atomic mass is 10.2. The van der Waals surface area contributed by atoms with Gasteiger partial charge in [-0.25, -0.2) is 5.43 Å². The maximum absolute atomic E-state index is 10.4. The van der Waals surface area contributed by atoms with Crippen LogP contribution in [0.15, 0.2) is 0 Å². The molecule has 0 aromatic rings. The van der Waals surface area contributed by atoms with Gasteiger partial charge in [-0.3, -0.25) is 10.6 Å². The Morgan fingerprint density at radius 2 is 2.33 bits per heavy atom. The molecule has 1 atom stereocenters. The van der Waals surface area contributed by atoms with Crippen LogP contribution in [0.1, 0.15) is 19.8 Å². The van der Waals surface area contributed by atoms with E-state index in [9.17, 15) is 4.79 Å². The second kappa shape index (κ2) is 4.29. The van der Waals surface area contributed by atoms with Crippen molar-refractivity contribution in [3.05, 3.63) is 0 Å². The van der Waals surface area contributed by atoms with Crippen LogP contribution in [0.5, 0.6) is 0 Å². The first kappa shape index (κ1) is 8.39. The van der Waals surface area contributed by atoms with Crippen LogP contribution < -0.4 is 17.0 Å². The molecule has 4 nitrogen and oxygen atoms in total. The zero-order chi connectivity index (χ0) is 7.28. The van der Waals surface area contributed by atoms with Gasteiger partial charge in [-0.1, -0.05) is 13.3 Å². The highest BCUT2D eigenvalue weighted by Crippen LogP contribution is 1.92. The SMILES string of the molecule is CCCC(NN)C(N)=O. The zero-order valence-electron chi connectivity index (χ0n) is 5.55. The molecule has 4 heteroatoms. The third-order valence-electron chi connectivity index (χ3n) is 1.12. The maximum atomic E-state index is 10.4. The maximum Gasteiger partial charge on any atom is 0.235 e. The third-order valence-corrected chi connectivity index (χ3v) is 1.12. The number of hydrazine groups is 1. The van der Waals surface area contributed by atoms with E-state index in [1.165, 1.54) is 0 Å². The Morgan fingerprint density at radius 1 is 1.78 bits per heavy atom. The minimum absolute atomic E-state index is 0.366. The van der Waals surface area contributed by atoms with Crippen LogP contribution in [0.3, 0.4) is 0 Å². The molecular formula is C5H13N3O. The first-order valence-electron chi connectivity index (χ1n) is 2.97. The Morgan fingerprint density at radius 3 is 2.44 bits per heavy atom. The second-order valence-electron chi connectivity index (χ2n) is 1.91. The predicted octanol–water partition coefficient (Wildman–Crippen LogP) is -0.896. The lowest BCUT2D eigenvalue weighted by Gasteiger charge is -2.08. The summed E-state index contributed by atoms with van der Waals surface area (Å²) >= 11 is 0. The normalized spacial score (nSPS) is 13.1. The summed E-state index contributed by atoms with van der Waals surface area (Å²) in [5.41, 5.74) is 7.28. The number of hydrogen-bond acceptors (Lipinski definition) is 3. The van der Waals surface area contributed by atoms with Gasteiger partial charge in [0, 0.05) is 0 Å². The number of carbonyl (C=O) groups excluding carboxylic acids is 1. The standard InChI is InChI=1S/C5H13N3O/c1-2-3-4(8-7)5(6)9/h4,8H,2-3,7H2,1H3,(H2,6,9). The number of amides is 1. The Labute approximate surface area is 54.6 Å². The molecule has 0 saturated carbocycles. The van der Waals surface area contributed by atoms with Crippen LogP contribution in [0, 0.1) is 0 Å². The minimum Gasteiger partial charge on any atom is -0.368 e. The van der Waals surface area contributed by atoms with Crippen molar-refractivity contribution in [3.63, 3.8) is 0 Å². The van der Waals surface area contributed by atoms with Crippen LogP contribution in [0.2, 0.25) is 0 Å². The zero-order valence-corrected chi connectivity index (χ0v) is 5.55. The van der Waals surface area contributed by atoms with Crippen molar-refractivity contribution in [2.24, 2.45) is 11.6 Å². The molecule has 0 bridgehead atoms. The molecule has 0 spiro atoms. The predicted molar refractivity (Wildman–Crippen MR) is 35.2 cm³/mol. The lowest BCUT2D eigenvalue weighted by molar-refractivity contribution is -0.120. The van der Waals surface area contributed by atoms with Crippen LogP contribution >= 0.6 is 0 Å². The van der Waals surface area contributed by atoms with Gasteiger partial charge in [-0.15, -0.1) is 0 Å². The first-order chi connectivity index (χ1) is 4.22. The van der Waals surface area contributed by atoms with Crippen LogP contribution in [-0.2, 0) is 4.79 Å². The number of primary amides is 1. The van der Waals surface area contributed by atoms with Crippen molar-refractivity contribution >= 4 is 5.91 Å². The van der Waals surface area contributed by atoms with Crippen molar-refractivity contribution in [3.8, 4) is 0 Å². The van der Waals surface area contributed by atoms with E-state index in [4.69, 9.17) is 11.6 Å². The van der Waals surface area contributed by atoms with Gasteiger partial charge in [0.05, 0.1) is 6.04 Å². The van der Waals surface area contributed by atoms with Crippen molar-refractivity contribution < 1.29 is 4.79 Å². The molecule has 0 aliphatic carbocycles. The smallest absolute Gasteiger partial charge is 0.235 e. The molecule has 0 aliphatic heterocycles. The lowest BCUT2D eigenvalue weighted by Crippen LogP contribution is -2.44. The van der Waals surface area contributed by atoms with Gasteiger partial charge in [0.1, 0.15) is 0 Å². The monoisotopic (exact) mass is 131 g/mol. The number of hydrogen-bond donors (Lipinski definition) is 3. The number of nitrogens with one attached hydrogen (secondary N) is 1. The minimum atomic E-state index is -0.389. The highest BCUT2D eigenvalue weighted by Gasteiger charge is 2.09. The van der Waals surface area contributed by atoms with Crippen molar-refractivity contribution in [2.45, 2.75) is 25.8 Å². The Kier molecular flexibility index (Phi) is 4.00. The van der Waals surface area contributed by atoms with E-state index in [1.54, 1.807) is 0 Å². The number of nitrogens with two attached hydrogens (primary N) is 2. The molecule has 0 aliphatic rings. The molecule has 0 radical (unpaired) electrons. The average molecular weight is 131 g/mol. The van der Waals surface area contributed by atoms with Crippen molar-refractivity contribution in [1.29, 1.82) is 0 Å². The van der Waals surface area contributed by atoms with Gasteiger partial charge < -0.3 is 5.73 Å². The molecule has 54 valence electrons. The Hall–Kier alpha value is -0.610. The molecule has 0 heterocycles. The summed E-state index contributed by atoms with van der Waals surface area (Å²) < 4.78 is 0. The van der Waals surface area contributed by atoms with Gasteiger partial charge >= 0.3 is 0 Å². The highest BCUT2D eigenvalue weighted by molar-refractivity contribution is 5.79. The Bertz CT molecular complexity index is 94.2. The van der Waals surface area contributed by atoms with Crippen LogP contribution in [-0.4, -0.2) is 11.9 Å². The topological polar surface area (TPSA) is 81.1 Å². The first-order valence-corrected chi connectivity index (χ1v) is 2.97. The van der Waals surface area contributed by atoms with E-state index < -0.39 is 0 Å². The summed E-state index contributed by atoms with van der Waals surface area (Å²) in [6.45, 7) is 1.97. The van der Waals surface area contributed by atoms with Gasteiger partial charge in [0.15, 0.2) is 0 Å². The van der Waals surface area contributed by atoms with Crippen LogP contribution in [0.25, 0.3) is 0 Å². The van der Waals surface area contributed by atoms with E-state index in [0.717, 1.165) is 6.42 Å². The van der Waals surface area contributed by atoms with Gasteiger partial charge in [0.25, 0.3) is 0 Å². The average Bonchev–Trinajstić information content (AvgIpc) is 1.82. The van der Waals surface area contributed by atoms with Crippen molar-refractivity contribution in [1.82, 2.24) is 5.43 Å². The van der Waals surface area contributed by atoms with Crippen LogP contribution in [0.4, 0.5) is 0 Å². The quantitative estimate of drug-likeness (QED) is 0.342. The summed E-state index contributed by atoms with van der Waals surface area (Å²) in [6.07, 6.45) is 1.60.